The van der Waals surface area contributed by atoms with Crippen molar-refractivity contribution >= 4 is 33.1 Å². The molecule has 0 bridgehead atoms. The molecule has 2 aromatic rings. The van der Waals surface area contributed by atoms with Crippen LogP contribution in [-0.2, 0) is 14.8 Å². The summed E-state index contributed by atoms with van der Waals surface area (Å²) in [4.78, 5) is 18.6. The zero-order valence-corrected chi connectivity index (χ0v) is 18.3. The highest BCUT2D eigenvalue weighted by Gasteiger charge is 2.32. The van der Waals surface area contributed by atoms with Crippen LogP contribution in [0.5, 0.6) is 0 Å². The van der Waals surface area contributed by atoms with E-state index in [2.05, 4.69) is 15.0 Å². The molecule has 1 heterocycles. The molecule has 1 aliphatic heterocycles. The molecule has 31 heavy (non-hydrogen) atoms. The van der Waals surface area contributed by atoms with Crippen LogP contribution in [0, 0.1) is 11.6 Å². The first-order valence-corrected chi connectivity index (χ1v) is 11.3. The van der Waals surface area contributed by atoms with Crippen molar-refractivity contribution in [1.82, 2.24) is 4.72 Å². The Labute approximate surface area is 180 Å². The van der Waals surface area contributed by atoms with Gasteiger partial charge in [0.2, 0.25) is 5.91 Å². The Morgan fingerprint density at radius 1 is 1.19 bits per heavy atom. The number of halogens is 2. The van der Waals surface area contributed by atoms with E-state index in [0.717, 1.165) is 18.6 Å². The Hall–Kier alpha value is -3.01. The summed E-state index contributed by atoms with van der Waals surface area (Å²) in [6, 6.07) is 7.47. The average molecular weight is 451 g/mol. The number of benzene rings is 2. The van der Waals surface area contributed by atoms with Crippen molar-refractivity contribution in [2.45, 2.75) is 37.1 Å². The van der Waals surface area contributed by atoms with Gasteiger partial charge in [0.15, 0.2) is 11.6 Å². The maximum atomic E-state index is 14.3. The monoisotopic (exact) mass is 450 g/mol. The molecule has 166 valence electrons. The number of rotatable bonds is 7. The van der Waals surface area contributed by atoms with Crippen LogP contribution in [0.2, 0.25) is 0 Å². The number of anilines is 2. The van der Waals surface area contributed by atoms with Gasteiger partial charge < -0.3 is 10.2 Å². The number of nitrogens with zero attached hydrogens (tertiary/aromatic N) is 2. The van der Waals surface area contributed by atoms with Gasteiger partial charge >= 0.3 is 0 Å². The lowest BCUT2D eigenvalue weighted by molar-refractivity contribution is -0.117. The summed E-state index contributed by atoms with van der Waals surface area (Å²) >= 11 is 0. The van der Waals surface area contributed by atoms with Crippen molar-refractivity contribution in [2.24, 2.45) is 4.99 Å². The van der Waals surface area contributed by atoms with Crippen LogP contribution < -0.4 is 14.9 Å². The van der Waals surface area contributed by atoms with Gasteiger partial charge in [0.05, 0.1) is 4.90 Å². The number of nitrogens with one attached hydrogen (secondary N) is 2. The molecule has 0 saturated heterocycles. The molecule has 0 saturated carbocycles. The number of amidine groups is 1. The van der Waals surface area contributed by atoms with Gasteiger partial charge in [-0.15, -0.1) is 0 Å². The van der Waals surface area contributed by atoms with Crippen LogP contribution in [0.4, 0.5) is 20.2 Å². The first-order chi connectivity index (χ1) is 14.6. The van der Waals surface area contributed by atoms with E-state index in [0.29, 0.717) is 18.4 Å². The predicted octanol–water partition coefficient (Wildman–Crippen LogP) is 3.27. The van der Waals surface area contributed by atoms with Crippen molar-refractivity contribution in [2.75, 3.05) is 24.3 Å². The number of hydrogen-bond acceptors (Lipinski definition) is 5. The molecule has 0 spiro atoms. The summed E-state index contributed by atoms with van der Waals surface area (Å²) in [7, 11) is -0.724. The quantitative estimate of drug-likeness (QED) is 0.678. The van der Waals surface area contributed by atoms with Crippen LogP contribution in [0.3, 0.4) is 0 Å². The lowest BCUT2D eigenvalue weighted by Gasteiger charge is -2.17. The molecule has 1 aliphatic rings. The molecule has 1 amide bonds. The minimum absolute atomic E-state index is 0.0419. The van der Waals surface area contributed by atoms with Gasteiger partial charge in [0.1, 0.15) is 17.6 Å². The number of hydrogen-bond donors (Lipinski definition) is 2. The van der Waals surface area contributed by atoms with Gasteiger partial charge in [-0.1, -0.05) is 31.9 Å². The first kappa shape index (κ1) is 22.7. The minimum atomic E-state index is -3.75. The Morgan fingerprint density at radius 3 is 2.45 bits per heavy atom. The molecule has 1 unspecified atom stereocenters. The summed E-state index contributed by atoms with van der Waals surface area (Å²) in [5.41, 5.74) is 0.127. The lowest BCUT2D eigenvalue weighted by atomic mass is 10.1. The molecule has 2 N–H and O–H groups in total. The highest BCUT2D eigenvalue weighted by atomic mass is 32.2. The van der Waals surface area contributed by atoms with E-state index >= 15 is 0 Å². The molecule has 0 aromatic heterocycles. The Bertz CT molecular complexity index is 1110. The van der Waals surface area contributed by atoms with Crippen molar-refractivity contribution < 1.29 is 22.0 Å². The third-order valence-electron chi connectivity index (χ3n) is 4.81. The van der Waals surface area contributed by atoms with E-state index in [1.807, 2.05) is 6.92 Å². The topological polar surface area (TPSA) is 90.9 Å². The van der Waals surface area contributed by atoms with E-state index in [9.17, 15) is 22.0 Å². The summed E-state index contributed by atoms with van der Waals surface area (Å²) < 4.78 is 55.5. The van der Waals surface area contributed by atoms with Gasteiger partial charge in [-0.25, -0.2) is 17.2 Å². The lowest BCUT2D eigenvalue weighted by Crippen LogP contribution is -2.31. The molecule has 3 rings (SSSR count). The minimum Gasteiger partial charge on any atom is -0.373 e. The Kier molecular flexibility index (Phi) is 6.59. The number of sulfonamides is 1. The van der Waals surface area contributed by atoms with E-state index in [4.69, 9.17) is 0 Å². The van der Waals surface area contributed by atoms with Crippen LogP contribution in [0.1, 0.15) is 31.7 Å². The zero-order valence-electron chi connectivity index (χ0n) is 17.4. The molecule has 1 atom stereocenters. The second kappa shape index (κ2) is 9.01. The fourth-order valence-electron chi connectivity index (χ4n) is 3.33. The Balaban J connectivity index is 1.90. The average Bonchev–Trinajstić information content (AvgIpc) is 2.94. The van der Waals surface area contributed by atoms with E-state index < -0.39 is 33.6 Å². The zero-order chi connectivity index (χ0) is 22.8. The van der Waals surface area contributed by atoms with E-state index in [1.54, 1.807) is 18.2 Å². The fraction of sp³-hybridized carbons (Fsp3) is 0.333. The van der Waals surface area contributed by atoms with Gasteiger partial charge in [-0.3, -0.25) is 14.5 Å². The van der Waals surface area contributed by atoms with Gasteiger partial charge in [-0.2, -0.15) is 0 Å². The number of unbranched alkanes of at least 4 members (excludes halogenated alkanes) is 1. The second-order valence-electron chi connectivity index (χ2n) is 7.41. The largest absolute Gasteiger partial charge is 0.373 e. The molecule has 10 heteroatoms. The first-order valence-electron chi connectivity index (χ1n) is 9.81. The van der Waals surface area contributed by atoms with Crippen molar-refractivity contribution in [3.05, 3.63) is 53.6 Å². The molecule has 0 radical (unpaired) electrons. The van der Waals surface area contributed by atoms with Crippen LogP contribution in [0.25, 0.3) is 0 Å². The third-order valence-corrected chi connectivity index (χ3v) is 6.21. The maximum Gasteiger partial charge on any atom is 0.263 e. The molecule has 0 aliphatic carbocycles. The maximum absolute atomic E-state index is 14.3. The molecular weight excluding hydrogens is 426 g/mol. The Morgan fingerprint density at radius 2 is 1.84 bits per heavy atom. The summed E-state index contributed by atoms with van der Waals surface area (Å²) in [6.07, 6.45) is 1.79. The van der Waals surface area contributed by atoms with Crippen LogP contribution in [-0.4, -0.2) is 40.3 Å². The van der Waals surface area contributed by atoms with Crippen LogP contribution in [0.15, 0.2) is 46.3 Å². The van der Waals surface area contributed by atoms with E-state index in [-0.39, 0.29) is 22.1 Å². The molecule has 2 aromatic carbocycles. The number of amides is 1. The molecule has 0 fully saturated rings. The third kappa shape index (κ3) is 4.84. The normalized spacial score (nSPS) is 16.5. The van der Waals surface area contributed by atoms with Crippen LogP contribution >= 0.6 is 0 Å². The van der Waals surface area contributed by atoms with Crippen molar-refractivity contribution in [3.8, 4) is 0 Å². The van der Waals surface area contributed by atoms with Crippen molar-refractivity contribution in [3.63, 3.8) is 0 Å². The number of carbonyl (C=O) groups excluding carboxylic acids is 1. The molecule has 7 nitrogen and oxygen atoms in total. The number of fused-ring (bicyclic) bond motifs is 1. The number of aliphatic imine (C=N–C) groups is 1. The van der Waals surface area contributed by atoms with E-state index in [1.165, 1.54) is 25.1 Å². The fourth-order valence-corrected chi connectivity index (χ4v) is 4.57. The highest BCUT2D eigenvalue weighted by molar-refractivity contribution is 7.90. The SMILES string of the molecule is CCCCC(N=C1NS(=O)(=O)c2ccccc21)C(=O)Nc1cc(F)c(N(C)C)c(F)c1. The standard InChI is InChI=1S/C21H24F2N4O3S/c1-4-5-9-17(25-20-14-8-6-7-10-18(14)31(29,30)26-20)21(28)24-13-11-15(22)19(27(2)3)16(23)12-13/h6-8,10-12,17H,4-5,9H2,1-3H3,(H,24,28)(H,25,26). The van der Waals surface area contributed by atoms with Gasteiger partial charge in [0.25, 0.3) is 10.0 Å². The van der Waals surface area contributed by atoms with Gasteiger partial charge in [0, 0.05) is 25.3 Å². The summed E-state index contributed by atoms with van der Waals surface area (Å²) in [5.74, 6) is -2.13. The van der Waals surface area contributed by atoms with Gasteiger partial charge in [-0.05, 0) is 30.7 Å². The molecular formula is C21H24F2N4O3S. The second-order valence-corrected chi connectivity index (χ2v) is 9.06. The highest BCUT2D eigenvalue weighted by Crippen LogP contribution is 2.27. The predicted molar refractivity (Wildman–Crippen MR) is 116 cm³/mol. The summed E-state index contributed by atoms with van der Waals surface area (Å²) in [6.45, 7) is 1.94. The summed E-state index contributed by atoms with van der Waals surface area (Å²) in [5, 5.41) is 2.50. The van der Waals surface area contributed by atoms with Crippen molar-refractivity contribution in [1.29, 1.82) is 0 Å². The number of carbonyl (C=O) groups is 1. The smallest absolute Gasteiger partial charge is 0.263 e.